The maximum Gasteiger partial charge on any atom is 0.261 e. The van der Waals surface area contributed by atoms with Gasteiger partial charge in [-0.05, 0) is 31.2 Å². The SMILES string of the molecule is CC(Oc1cccc(Br)c1)C(=O)NCc1ccnn1C. The van der Waals surface area contributed by atoms with Crippen molar-refractivity contribution in [3.8, 4) is 5.75 Å². The van der Waals surface area contributed by atoms with Crippen LogP contribution < -0.4 is 10.1 Å². The first-order valence-electron chi connectivity index (χ1n) is 6.23. The van der Waals surface area contributed by atoms with Gasteiger partial charge in [-0.1, -0.05) is 22.0 Å². The highest BCUT2D eigenvalue weighted by Gasteiger charge is 2.14. The largest absolute Gasteiger partial charge is 0.481 e. The molecule has 2 aromatic rings. The number of carbonyl (C=O) groups is 1. The highest BCUT2D eigenvalue weighted by Crippen LogP contribution is 2.18. The Labute approximate surface area is 126 Å². The molecule has 5 nitrogen and oxygen atoms in total. The fraction of sp³-hybridized carbons (Fsp3) is 0.286. The zero-order chi connectivity index (χ0) is 14.5. The predicted molar refractivity (Wildman–Crippen MR) is 79.3 cm³/mol. The summed E-state index contributed by atoms with van der Waals surface area (Å²) >= 11 is 3.36. The van der Waals surface area contributed by atoms with Crippen LogP contribution in [0.5, 0.6) is 5.75 Å². The average molecular weight is 338 g/mol. The van der Waals surface area contributed by atoms with E-state index in [-0.39, 0.29) is 5.91 Å². The van der Waals surface area contributed by atoms with Crippen molar-refractivity contribution in [2.75, 3.05) is 0 Å². The molecule has 0 aliphatic rings. The van der Waals surface area contributed by atoms with Crippen molar-refractivity contribution in [1.82, 2.24) is 15.1 Å². The second kappa shape index (κ2) is 6.56. The molecular formula is C14H16BrN3O2. The smallest absolute Gasteiger partial charge is 0.261 e. The van der Waals surface area contributed by atoms with Crippen LogP contribution >= 0.6 is 15.9 Å². The fourth-order valence-corrected chi connectivity index (χ4v) is 2.07. The summed E-state index contributed by atoms with van der Waals surface area (Å²) in [5.74, 6) is 0.494. The van der Waals surface area contributed by atoms with Crippen molar-refractivity contribution in [2.45, 2.75) is 19.6 Å². The first-order valence-corrected chi connectivity index (χ1v) is 7.02. The van der Waals surface area contributed by atoms with Gasteiger partial charge in [-0.15, -0.1) is 0 Å². The number of rotatable bonds is 5. The van der Waals surface area contributed by atoms with Crippen LogP contribution in [0.3, 0.4) is 0 Å². The molecule has 0 aliphatic heterocycles. The fourth-order valence-electron chi connectivity index (χ4n) is 1.69. The lowest BCUT2D eigenvalue weighted by atomic mass is 10.3. The van der Waals surface area contributed by atoms with Crippen LogP contribution in [0.25, 0.3) is 0 Å². The van der Waals surface area contributed by atoms with Crippen molar-refractivity contribution in [3.05, 3.63) is 46.7 Å². The molecule has 1 aromatic carbocycles. The number of ether oxygens (including phenoxy) is 1. The maximum absolute atomic E-state index is 12.0. The Bertz CT molecular complexity index is 598. The number of amides is 1. The van der Waals surface area contributed by atoms with Crippen molar-refractivity contribution < 1.29 is 9.53 Å². The highest BCUT2D eigenvalue weighted by molar-refractivity contribution is 9.10. The number of aromatic nitrogens is 2. The minimum absolute atomic E-state index is 0.161. The Kier molecular flexibility index (Phi) is 4.79. The lowest BCUT2D eigenvalue weighted by Crippen LogP contribution is -2.36. The van der Waals surface area contributed by atoms with Gasteiger partial charge in [-0.2, -0.15) is 5.10 Å². The number of aryl methyl sites for hydroxylation is 1. The molecule has 1 amide bonds. The first kappa shape index (κ1) is 14.6. The lowest BCUT2D eigenvalue weighted by molar-refractivity contribution is -0.127. The monoisotopic (exact) mass is 337 g/mol. The molecule has 1 N–H and O–H groups in total. The van der Waals surface area contributed by atoms with Crippen molar-refractivity contribution >= 4 is 21.8 Å². The van der Waals surface area contributed by atoms with Gasteiger partial charge in [0, 0.05) is 17.7 Å². The second-order valence-corrected chi connectivity index (χ2v) is 5.30. The van der Waals surface area contributed by atoms with Crippen molar-refractivity contribution in [3.63, 3.8) is 0 Å². The maximum atomic E-state index is 12.0. The summed E-state index contributed by atoms with van der Waals surface area (Å²) in [5.41, 5.74) is 0.938. The third-order valence-corrected chi connectivity index (χ3v) is 3.34. The van der Waals surface area contributed by atoms with Crippen LogP contribution in [-0.4, -0.2) is 21.8 Å². The topological polar surface area (TPSA) is 56.1 Å². The van der Waals surface area contributed by atoms with Gasteiger partial charge >= 0.3 is 0 Å². The van der Waals surface area contributed by atoms with E-state index in [0.717, 1.165) is 10.2 Å². The molecule has 0 saturated carbocycles. The van der Waals surface area contributed by atoms with E-state index in [1.807, 2.05) is 37.4 Å². The zero-order valence-electron chi connectivity index (χ0n) is 11.3. The molecule has 0 radical (unpaired) electrons. The van der Waals surface area contributed by atoms with E-state index < -0.39 is 6.10 Å². The molecule has 0 bridgehead atoms. The molecule has 0 saturated heterocycles. The normalized spacial score (nSPS) is 11.9. The van der Waals surface area contributed by atoms with Crippen LogP contribution in [0.2, 0.25) is 0 Å². The molecule has 1 unspecified atom stereocenters. The number of halogens is 1. The average Bonchev–Trinajstić information content (AvgIpc) is 2.81. The molecule has 106 valence electrons. The summed E-state index contributed by atoms with van der Waals surface area (Å²) in [5, 5.41) is 6.87. The van der Waals surface area contributed by atoms with Crippen LogP contribution in [0.4, 0.5) is 0 Å². The standard InChI is InChI=1S/C14H16BrN3O2/c1-10(20-13-5-3-4-11(15)8-13)14(19)16-9-12-6-7-17-18(12)2/h3-8,10H,9H2,1-2H3,(H,16,19). The Hall–Kier alpha value is -1.82. The Morgan fingerprint density at radius 2 is 2.30 bits per heavy atom. The highest BCUT2D eigenvalue weighted by atomic mass is 79.9. The Morgan fingerprint density at radius 3 is 2.95 bits per heavy atom. The molecule has 20 heavy (non-hydrogen) atoms. The number of benzene rings is 1. The predicted octanol–water partition coefficient (Wildman–Crippen LogP) is 2.27. The van der Waals surface area contributed by atoms with E-state index in [1.165, 1.54) is 0 Å². The van der Waals surface area contributed by atoms with E-state index >= 15 is 0 Å². The molecule has 0 spiro atoms. The van der Waals surface area contributed by atoms with Crippen LogP contribution in [0.1, 0.15) is 12.6 Å². The van der Waals surface area contributed by atoms with Gasteiger partial charge in [0.25, 0.3) is 5.91 Å². The van der Waals surface area contributed by atoms with Gasteiger partial charge in [0.1, 0.15) is 5.75 Å². The Balaban J connectivity index is 1.87. The van der Waals surface area contributed by atoms with Crippen molar-refractivity contribution in [1.29, 1.82) is 0 Å². The van der Waals surface area contributed by atoms with E-state index in [2.05, 4.69) is 26.3 Å². The summed E-state index contributed by atoms with van der Waals surface area (Å²) in [4.78, 5) is 12.0. The second-order valence-electron chi connectivity index (χ2n) is 4.38. The van der Waals surface area contributed by atoms with Gasteiger partial charge in [0.2, 0.25) is 0 Å². The molecule has 6 heteroatoms. The lowest BCUT2D eigenvalue weighted by Gasteiger charge is -2.15. The summed E-state index contributed by atoms with van der Waals surface area (Å²) in [6.07, 6.45) is 1.14. The zero-order valence-corrected chi connectivity index (χ0v) is 12.9. The minimum Gasteiger partial charge on any atom is -0.481 e. The molecule has 1 heterocycles. The van der Waals surface area contributed by atoms with Crippen LogP contribution in [0, 0.1) is 0 Å². The molecule has 0 fully saturated rings. The number of nitrogens with zero attached hydrogens (tertiary/aromatic N) is 2. The minimum atomic E-state index is -0.558. The van der Waals surface area contributed by atoms with Crippen molar-refractivity contribution in [2.24, 2.45) is 7.05 Å². The quantitative estimate of drug-likeness (QED) is 0.910. The van der Waals surface area contributed by atoms with E-state index in [1.54, 1.807) is 17.8 Å². The van der Waals surface area contributed by atoms with E-state index in [9.17, 15) is 4.79 Å². The van der Waals surface area contributed by atoms with Gasteiger partial charge in [0.05, 0.1) is 12.2 Å². The summed E-state index contributed by atoms with van der Waals surface area (Å²) < 4.78 is 8.23. The van der Waals surface area contributed by atoms with Gasteiger partial charge in [-0.3, -0.25) is 9.48 Å². The molecule has 2 rings (SSSR count). The molecule has 0 aliphatic carbocycles. The van der Waals surface area contributed by atoms with Gasteiger partial charge in [0.15, 0.2) is 6.10 Å². The third-order valence-electron chi connectivity index (χ3n) is 2.84. The molecular weight excluding hydrogens is 322 g/mol. The Morgan fingerprint density at radius 1 is 1.50 bits per heavy atom. The summed E-state index contributed by atoms with van der Waals surface area (Å²) in [6, 6.07) is 9.26. The number of hydrogen-bond acceptors (Lipinski definition) is 3. The van der Waals surface area contributed by atoms with Crippen LogP contribution in [-0.2, 0) is 18.4 Å². The third kappa shape index (κ3) is 3.84. The summed E-state index contributed by atoms with van der Waals surface area (Å²) in [7, 11) is 1.84. The first-order chi connectivity index (χ1) is 9.56. The van der Waals surface area contributed by atoms with Gasteiger partial charge in [-0.25, -0.2) is 0 Å². The number of carbonyl (C=O) groups excluding carboxylic acids is 1. The number of nitrogens with one attached hydrogen (secondary N) is 1. The summed E-state index contributed by atoms with van der Waals surface area (Å²) in [6.45, 7) is 2.15. The van der Waals surface area contributed by atoms with E-state index in [0.29, 0.717) is 12.3 Å². The van der Waals surface area contributed by atoms with E-state index in [4.69, 9.17) is 4.74 Å². The van der Waals surface area contributed by atoms with Crippen LogP contribution in [0.15, 0.2) is 41.0 Å². The van der Waals surface area contributed by atoms with Gasteiger partial charge < -0.3 is 10.1 Å². The molecule has 1 aromatic heterocycles. The number of hydrogen-bond donors (Lipinski definition) is 1. The molecule has 1 atom stereocenters.